The van der Waals surface area contributed by atoms with E-state index >= 15 is 0 Å². The first-order chi connectivity index (χ1) is 13.2. The topological polar surface area (TPSA) is 80.0 Å². The predicted octanol–water partition coefficient (Wildman–Crippen LogP) is 2.65. The first-order valence-electron chi connectivity index (χ1n) is 10.0. The largest absolute Gasteiger partial charge is 0.399 e. The van der Waals surface area contributed by atoms with E-state index in [4.69, 9.17) is 10.7 Å². The first-order valence-corrected chi connectivity index (χ1v) is 10.0. The lowest BCUT2D eigenvalue weighted by Gasteiger charge is -2.41. The van der Waals surface area contributed by atoms with Crippen LogP contribution in [0, 0.1) is 5.92 Å². The molecule has 5 heteroatoms. The zero-order valence-electron chi connectivity index (χ0n) is 15.4. The van der Waals surface area contributed by atoms with Gasteiger partial charge in [-0.1, -0.05) is 24.3 Å². The number of benzene rings is 1. The molecule has 5 nitrogen and oxygen atoms in total. The summed E-state index contributed by atoms with van der Waals surface area (Å²) in [4.78, 5) is 17.4. The van der Waals surface area contributed by atoms with Crippen molar-refractivity contribution in [3.05, 3.63) is 59.4 Å². The number of nitrogens with two attached hydrogens (primary N) is 1. The summed E-state index contributed by atoms with van der Waals surface area (Å²) in [6.07, 6.45) is 5.90. The Labute approximate surface area is 159 Å². The van der Waals surface area contributed by atoms with Gasteiger partial charge in [-0.3, -0.25) is 9.78 Å². The van der Waals surface area contributed by atoms with E-state index < -0.39 is 0 Å². The number of aromatic nitrogens is 1. The van der Waals surface area contributed by atoms with E-state index in [2.05, 4.69) is 34.9 Å². The summed E-state index contributed by atoms with van der Waals surface area (Å²) in [7, 11) is 0. The molecule has 3 aliphatic rings. The molecule has 1 aromatic carbocycles. The molecule has 1 amide bonds. The zero-order chi connectivity index (χ0) is 18.4. The van der Waals surface area contributed by atoms with Crippen LogP contribution in [-0.2, 0) is 10.2 Å². The first kappa shape index (κ1) is 16.8. The minimum absolute atomic E-state index is 0.00979. The third kappa shape index (κ3) is 2.72. The van der Waals surface area contributed by atoms with Crippen LogP contribution in [0.2, 0.25) is 0 Å². The van der Waals surface area contributed by atoms with E-state index in [-0.39, 0.29) is 29.2 Å². The fourth-order valence-electron chi connectivity index (χ4n) is 5.21. The van der Waals surface area contributed by atoms with Gasteiger partial charge in [0.1, 0.15) is 0 Å². The minimum Gasteiger partial charge on any atom is -0.399 e. The Hall–Kier alpha value is -2.40. The molecular formula is C22H26N4O. The average Bonchev–Trinajstić information content (AvgIpc) is 3.50. The zero-order valence-corrected chi connectivity index (χ0v) is 15.4. The van der Waals surface area contributed by atoms with Crippen LogP contribution < -0.4 is 16.4 Å². The molecule has 140 valence electrons. The van der Waals surface area contributed by atoms with Crippen molar-refractivity contribution < 1.29 is 4.79 Å². The van der Waals surface area contributed by atoms with Gasteiger partial charge in [0.25, 0.3) is 0 Å². The number of rotatable bonds is 3. The fraction of sp³-hybridized carbons (Fsp3) is 0.455. The van der Waals surface area contributed by atoms with Gasteiger partial charge in [-0.25, -0.2) is 0 Å². The van der Waals surface area contributed by atoms with Crippen molar-refractivity contribution in [2.45, 2.75) is 43.1 Å². The number of hydrogen-bond donors (Lipinski definition) is 3. The smallest absolute Gasteiger partial charge is 0.223 e. The number of hydrogen-bond acceptors (Lipinski definition) is 4. The van der Waals surface area contributed by atoms with Gasteiger partial charge < -0.3 is 16.4 Å². The van der Waals surface area contributed by atoms with Crippen molar-refractivity contribution in [1.82, 2.24) is 15.6 Å². The summed E-state index contributed by atoms with van der Waals surface area (Å²) >= 11 is 0. The van der Waals surface area contributed by atoms with Crippen LogP contribution in [0.5, 0.6) is 0 Å². The van der Waals surface area contributed by atoms with E-state index in [1.807, 2.05) is 12.1 Å². The molecule has 27 heavy (non-hydrogen) atoms. The molecule has 0 unspecified atom stereocenters. The Bertz CT molecular complexity index is 870. The van der Waals surface area contributed by atoms with Crippen LogP contribution in [0.25, 0.3) is 0 Å². The van der Waals surface area contributed by atoms with E-state index in [1.165, 1.54) is 11.1 Å². The summed E-state index contributed by atoms with van der Waals surface area (Å²) in [5.41, 5.74) is 10.5. The molecule has 1 saturated carbocycles. The number of piperidine rings is 1. The highest BCUT2D eigenvalue weighted by Crippen LogP contribution is 2.58. The molecule has 2 aromatic rings. The Balaban J connectivity index is 1.65. The number of carbonyl (C=O) groups is 1. The third-order valence-corrected chi connectivity index (χ3v) is 6.63. The monoisotopic (exact) mass is 362 g/mol. The highest BCUT2D eigenvalue weighted by Gasteiger charge is 2.54. The van der Waals surface area contributed by atoms with Crippen LogP contribution in [0.15, 0.2) is 42.6 Å². The molecule has 2 fully saturated rings. The maximum Gasteiger partial charge on any atom is 0.223 e. The lowest BCUT2D eigenvalue weighted by molar-refractivity contribution is -0.123. The van der Waals surface area contributed by atoms with Gasteiger partial charge in [0.2, 0.25) is 5.91 Å². The Morgan fingerprint density at radius 1 is 1.19 bits per heavy atom. The Morgan fingerprint density at radius 3 is 2.70 bits per heavy atom. The lowest BCUT2D eigenvalue weighted by Crippen LogP contribution is -2.44. The van der Waals surface area contributed by atoms with Gasteiger partial charge in [0.15, 0.2) is 0 Å². The minimum atomic E-state index is -0.0401. The van der Waals surface area contributed by atoms with Gasteiger partial charge in [0, 0.05) is 34.8 Å². The van der Waals surface area contributed by atoms with E-state index in [0.29, 0.717) is 0 Å². The number of pyridine rings is 1. The Kier molecular flexibility index (Phi) is 3.93. The molecule has 2 atom stereocenters. The fourth-order valence-corrected chi connectivity index (χ4v) is 5.21. The van der Waals surface area contributed by atoms with Gasteiger partial charge >= 0.3 is 0 Å². The van der Waals surface area contributed by atoms with Gasteiger partial charge in [-0.05, 0) is 62.0 Å². The summed E-state index contributed by atoms with van der Waals surface area (Å²) in [6.45, 7) is 1.97. The molecule has 1 saturated heterocycles. The highest BCUT2D eigenvalue weighted by atomic mass is 16.2. The SMILES string of the molecule is Nc1ccnc([C@H]2[C@H](NC(=O)C3CC3)c3ccccc3C23CCNCC3)c1. The van der Waals surface area contributed by atoms with E-state index in [9.17, 15) is 4.79 Å². The number of nitrogen functional groups attached to an aromatic ring is 1. The molecule has 2 heterocycles. The standard InChI is InChI=1S/C22H26N4O/c23-15-7-10-25-18(13-15)19-20(26-21(27)14-5-6-14)16-3-1-2-4-17(16)22(19)8-11-24-12-9-22/h1-4,7,10,13-14,19-20,24H,5-6,8-9,11-12H2,(H2,23,25)(H,26,27)/t19-,20+/m0/s1. The third-order valence-electron chi connectivity index (χ3n) is 6.63. The molecule has 5 rings (SSSR count). The quantitative estimate of drug-likeness (QED) is 0.784. The second kappa shape index (κ2) is 6.34. The number of nitrogens with zero attached hydrogens (tertiary/aromatic N) is 1. The molecule has 1 aliphatic heterocycles. The number of fused-ring (bicyclic) bond motifs is 2. The van der Waals surface area contributed by atoms with Crippen LogP contribution in [-0.4, -0.2) is 24.0 Å². The van der Waals surface area contributed by atoms with Gasteiger partial charge in [-0.15, -0.1) is 0 Å². The summed E-state index contributed by atoms with van der Waals surface area (Å²) in [5, 5.41) is 6.90. The van der Waals surface area contributed by atoms with Gasteiger partial charge in [0.05, 0.1) is 6.04 Å². The van der Waals surface area contributed by atoms with Crippen LogP contribution >= 0.6 is 0 Å². The molecule has 0 radical (unpaired) electrons. The van der Waals surface area contributed by atoms with Crippen molar-refractivity contribution in [1.29, 1.82) is 0 Å². The molecular weight excluding hydrogens is 336 g/mol. The van der Waals surface area contributed by atoms with Crippen molar-refractivity contribution in [2.75, 3.05) is 18.8 Å². The van der Waals surface area contributed by atoms with E-state index in [0.717, 1.165) is 50.2 Å². The van der Waals surface area contributed by atoms with Crippen LogP contribution in [0.4, 0.5) is 5.69 Å². The van der Waals surface area contributed by atoms with Crippen LogP contribution in [0.3, 0.4) is 0 Å². The van der Waals surface area contributed by atoms with Crippen molar-refractivity contribution in [3.8, 4) is 0 Å². The van der Waals surface area contributed by atoms with Crippen molar-refractivity contribution >= 4 is 11.6 Å². The average molecular weight is 362 g/mol. The van der Waals surface area contributed by atoms with Crippen molar-refractivity contribution in [3.63, 3.8) is 0 Å². The number of carbonyl (C=O) groups excluding carboxylic acids is 1. The van der Waals surface area contributed by atoms with Crippen molar-refractivity contribution in [2.24, 2.45) is 5.92 Å². The number of anilines is 1. The van der Waals surface area contributed by atoms with Gasteiger partial charge in [-0.2, -0.15) is 0 Å². The Morgan fingerprint density at radius 2 is 1.96 bits per heavy atom. The molecule has 0 bridgehead atoms. The maximum absolute atomic E-state index is 12.7. The predicted molar refractivity (Wildman–Crippen MR) is 105 cm³/mol. The second-order valence-electron chi connectivity index (χ2n) is 8.25. The molecule has 2 aliphatic carbocycles. The highest BCUT2D eigenvalue weighted by molar-refractivity contribution is 5.81. The van der Waals surface area contributed by atoms with E-state index in [1.54, 1.807) is 6.20 Å². The summed E-state index contributed by atoms with van der Waals surface area (Å²) in [6, 6.07) is 12.4. The number of amides is 1. The van der Waals surface area contributed by atoms with Crippen LogP contribution in [0.1, 0.15) is 54.5 Å². The lowest BCUT2D eigenvalue weighted by atomic mass is 9.66. The maximum atomic E-state index is 12.7. The normalized spacial score (nSPS) is 25.9. The summed E-state index contributed by atoms with van der Waals surface area (Å²) < 4.78 is 0. The second-order valence-corrected chi connectivity index (χ2v) is 8.25. The summed E-state index contributed by atoms with van der Waals surface area (Å²) in [5.74, 6) is 0.495. The molecule has 1 aromatic heterocycles. The number of nitrogens with one attached hydrogen (secondary N) is 2. The molecule has 4 N–H and O–H groups in total. The molecule has 1 spiro atoms.